The molecule has 0 bridgehead atoms. The highest BCUT2D eigenvalue weighted by Crippen LogP contribution is 2.32. The van der Waals surface area contributed by atoms with Crippen molar-refractivity contribution < 1.29 is 4.74 Å². The second kappa shape index (κ2) is 6.87. The number of hydrogen-bond donors (Lipinski definition) is 3. The van der Waals surface area contributed by atoms with Crippen molar-refractivity contribution in [1.29, 1.82) is 0 Å². The minimum atomic E-state index is 0.486. The van der Waals surface area contributed by atoms with Crippen LogP contribution >= 0.6 is 0 Å². The van der Waals surface area contributed by atoms with E-state index in [1.165, 1.54) is 6.33 Å². The van der Waals surface area contributed by atoms with Crippen molar-refractivity contribution in [2.24, 2.45) is 0 Å². The number of aromatic nitrogens is 6. The molecule has 3 N–H and O–H groups in total. The number of pyridine rings is 1. The Morgan fingerprint density at radius 1 is 1.07 bits per heavy atom. The number of aryl methyl sites for hydroxylation is 1. The Labute approximate surface area is 155 Å². The molecule has 4 aromatic heterocycles. The Hall–Kier alpha value is -3.75. The number of nitrogens with zero attached hydrogens (tertiary/aromatic N) is 5. The van der Waals surface area contributed by atoms with E-state index in [0.29, 0.717) is 11.8 Å². The van der Waals surface area contributed by atoms with Gasteiger partial charge in [-0.15, -0.1) is 0 Å². The first-order valence-corrected chi connectivity index (χ1v) is 8.30. The highest BCUT2D eigenvalue weighted by Gasteiger charge is 2.13. The minimum absolute atomic E-state index is 0.486. The highest BCUT2D eigenvalue weighted by atomic mass is 16.5. The van der Waals surface area contributed by atoms with Crippen molar-refractivity contribution in [3.63, 3.8) is 0 Å². The largest absolute Gasteiger partial charge is 0.481 e. The van der Waals surface area contributed by atoms with E-state index in [1.54, 1.807) is 19.5 Å². The summed E-state index contributed by atoms with van der Waals surface area (Å²) >= 11 is 0. The van der Waals surface area contributed by atoms with Crippen LogP contribution in [0.25, 0.3) is 22.3 Å². The van der Waals surface area contributed by atoms with Crippen molar-refractivity contribution in [3.05, 3.63) is 42.6 Å². The predicted octanol–water partition coefficient (Wildman–Crippen LogP) is 2.91. The molecule has 0 unspecified atom stereocenters. The standard InChI is InChI=1S/C18H18N8O/c1-10-4-16(19-2)26-18(23-10)24-11-5-12(17(27-3)21-7-11)13-6-14-15(25-13)8-20-9-22-14/h4-9,25H,1-3H3,(H2,19,23,24,26). The van der Waals surface area contributed by atoms with Crippen LogP contribution in [0.4, 0.5) is 17.5 Å². The highest BCUT2D eigenvalue weighted by molar-refractivity contribution is 5.84. The second-order valence-electron chi connectivity index (χ2n) is 5.88. The molecule has 0 aliphatic heterocycles. The van der Waals surface area contributed by atoms with Crippen LogP contribution in [0.5, 0.6) is 5.88 Å². The molecular formula is C18H18N8O. The lowest BCUT2D eigenvalue weighted by atomic mass is 10.2. The van der Waals surface area contributed by atoms with E-state index >= 15 is 0 Å². The van der Waals surface area contributed by atoms with E-state index < -0.39 is 0 Å². The number of H-pyrrole nitrogens is 1. The van der Waals surface area contributed by atoms with Crippen LogP contribution in [0.1, 0.15) is 5.69 Å². The van der Waals surface area contributed by atoms with Gasteiger partial charge in [-0.05, 0) is 19.1 Å². The third kappa shape index (κ3) is 3.34. The first-order valence-electron chi connectivity index (χ1n) is 8.30. The number of fused-ring (bicyclic) bond motifs is 1. The van der Waals surface area contributed by atoms with Crippen LogP contribution in [0, 0.1) is 6.92 Å². The molecule has 0 aliphatic rings. The van der Waals surface area contributed by atoms with Gasteiger partial charge in [-0.25, -0.2) is 19.9 Å². The van der Waals surface area contributed by atoms with Gasteiger partial charge >= 0.3 is 0 Å². The first-order chi connectivity index (χ1) is 13.2. The number of anilines is 3. The quantitative estimate of drug-likeness (QED) is 0.497. The molecule has 4 heterocycles. The van der Waals surface area contributed by atoms with E-state index in [1.807, 2.05) is 32.2 Å². The van der Waals surface area contributed by atoms with Crippen LogP contribution < -0.4 is 15.4 Å². The van der Waals surface area contributed by atoms with Crippen molar-refractivity contribution in [2.45, 2.75) is 6.92 Å². The molecule has 9 nitrogen and oxygen atoms in total. The van der Waals surface area contributed by atoms with Crippen LogP contribution in [0.3, 0.4) is 0 Å². The van der Waals surface area contributed by atoms with E-state index in [0.717, 1.165) is 39.5 Å². The second-order valence-corrected chi connectivity index (χ2v) is 5.88. The number of nitrogens with one attached hydrogen (secondary N) is 3. The normalized spacial score (nSPS) is 10.8. The molecule has 0 atom stereocenters. The molecule has 0 saturated carbocycles. The van der Waals surface area contributed by atoms with Gasteiger partial charge in [0.15, 0.2) is 0 Å². The fraction of sp³-hybridized carbons (Fsp3) is 0.167. The SMILES string of the molecule is CNc1cc(C)nc(Nc2cnc(OC)c(-c3cc4ncncc4[nH]3)c2)n1. The predicted molar refractivity (Wildman–Crippen MR) is 103 cm³/mol. The molecule has 0 radical (unpaired) electrons. The van der Waals surface area contributed by atoms with Gasteiger partial charge in [0.25, 0.3) is 0 Å². The molecule has 9 heteroatoms. The van der Waals surface area contributed by atoms with Gasteiger partial charge in [0.05, 0.1) is 47.5 Å². The van der Waals surface area contributed by atoms with E-state index in [2.05, 4.69) is 40.5 Å². The zero-order valence-corrected chi connectivity index (χ0v) is 15.1. The minimum Gasteiger partial charge on any atom is -0.481 e. The van der Waals surface area contributed by atoms with Crippen molar-refractivity contribution in [1.82, 2.24) is 29.9 Å². The average Bonchev–Trinajstić information content (AvgIpc) is 3.11. The molecule has 4 aromatic rings. The van der Waals surface area contributed by atoms with Crippen molar-refractivity contribution >= 4 is 28.5 Å². The maximum Gasteiger partial charge on any atom is 0.229 e. The topological polar surface area (TPSA) is 114 Å². The molecule has 0 aromatic carbocycles. The van der Waals surface area contributed by atoms with Crippen LogP contribution in [-0.4, -0.2) is 44.1 Å². The van der Waals surface area contributed by atoms with Crippen LogP contribution in [-0.2, 0) is 0 Å². The Kier molecular flexibility index (Phi) is 4.25. The fourth-order valence-electron chi connectivity index (χ4n) is 2.77. The summed E-state index contributed by atoms with van der Waals surface area (Å²) in [5, 5.41) is 6.21. The molecule has 0 amide bonds. The van der Waals surface area contributed by atoms with Crippen molar-refractivity contribution in [2.75, 3.05) is 24.8 Å². The van der Waals surface area contributed by atoms with Gasteiger partial charge in [-0.2, -0.15) is 4.98 Å². The number of ether oxygens (including phenoxy) is 1. The third-order valence-corrected chi connectivity index (χ3v) is 3.99. The Morgan fingerprint density at radius 3 is 2.74 bits per heavy atom. The summed E-state index contributed by atoms with van der Waals surface area (Å²) in [7, 11) is 3.40. The molecule has 0 saturated heterocycles. The first kappa shape index (κ1) is 16.7. The lowest BCUT2D eigenvalue weighted by molar-refractivity contribution is 0.399. The summed E-state index contributed by atoms with van der Waals surface area (Å²) in [6.45, 7) is 1.91. The maximum atomic E-state index is 5.42. The van der Waals surface area contributed by atoms with Gasteiger partial charge in [-0.3, -0.25) is 0 Å². The van der Waals surface area contributed by atoms with Crippen molar-refractivity contribution in [3.8, 4) is 17.1 Å². The molecule has 0 fully saturated rings. The summed E-state index contributed by atoms with van der Waals surface area (Å²) in [6, 6.07) is 5.73. The van der Waals surface area contributed by atoms with E-state index in [9.17, 15) is 0 Å². The van der Waals surface area contributed by atoms with E-state index in [-0.39, 0.29) is 0 Å². The van der Waals surface area contributed by atoms with Gasteiger partial charge in [0.2, 0.25) is 11.8 Å². The average molecular weight is 362 g/mol. The number of rotatable bonds is 5. The molecule has 0 spiro atoms. The van der Waals surface area contributed by atoms with Crippen LogP contribution in [0.15, 0.2) is 36.9 Å². The van der Waals surface area contributed by atoms with Gasteiger partial charge in [0.1, 0.15) is 12.1 Å². The summed E-state index contributed by atoms with van der Waals surface area (Å²) in [4.78, 5) is 24.8. The summed E-state index contributed by atoms with van der Waals surface area (Å²) in [5.41, 5.74) is 4.88. The summed E-state index contributed by atoms with van der Waals surface area (Å²) in [5.74, 6) is 1.72. The fourth-order valence-corrected chi connectivity index (χ4v) is 2.77. The Bertz CT molecular complexity index is 1070. The molecular weight excluding hydrogens is 344 g/mol. The molecule has 136 valence electrons. The van der Waals surface area contributed by atoms with Crippen LogP contribution in [0.2, 0.25) is 0 Å². The zero-order valence-electron chi connectivity index (χ0n) is 15.1. The number of hydrogen-bond acceptors (Lipinski definition) is 8. The summed E-state index contributed by atoms with van der Waals surface area (Å²) in [6.07, 6.45) is 4.92. The maximum absolute atomic E-state index is 5.42. The number of methoxy groups -OCH3 is 1. The monoisotopic (exact) mass is 362 g/mol. The molecule has 4 rings (SSSR count). The molecule has 27 heavy (non-hydrogen) atoms. The van der Waals surface area contributed by atoms with Gasteiger partial charge in [0, 0.05) is 18.8 Å². The molecule has 0 aliphatic carbocycles. The lowest BCUT2D eigenvalue weighted by Gasteiger charge is -2.11. The number of aromatic amines is 1. The Balaban J connectivity index is 1.73. The van der Waals surface area contributed by atoms with Gasteiger partial charge in [-0.1, -0.05) is 0 Å². The van der Waals surface area contributed by atoms with Gasteiger partial charge < -0.3 is 20.4 Å². The van der Waals surface area contributed by atoms with E-state index in [4.69, 9.17) is 4.74 Å². The third-order valence-electron chi connectivity index (χ3n) is 3.99. The Morgan fingerprint density at radius 2 is 1.96 bits per heavy atom. The zero-order chi connectivity index (χ0) is 18.8. The smallest absolute Gasteiger partial charge is 0.229 e. The lowest BCUT2D eigenvalue weighted by Crippen LogP contribution is -2.03. The summed E-state index contributed by atoms with van der Waals surface area (Å²) < 4.78 is 5.42.